The molecular weight excluding hydrogens is 408 g/mol. The largest absolute Gasteiger partial charge is 0.481 e. The fourth-order valence-electron chi connectivity index (χ4n) is 9.27. The quantitative estimate of drug-likeness (QED) is 0.684. The molecule has 5 aliphatic rings. The number of rotatable bonds is 3. The Morgan fingerprint density at radius 1 is 1.12 bits per heavy atom. The molecule has 2 N–H and O–H groups in total. The average molecular weight is 443 g/mol. The second-order valence-corrected chi connectivity index (χ2v) is 12.0. The Hall–Kier alpha value is -1.66. The zero-order valence-electron chi connectivity index (χ0n) is 19.0. The van der Waals surface area contributed by atoms with Crippen LogP contribution in [0.2, 0.25) is 0 Å². The van der Waals surface area contributed by atoms with Crippen molar-refractivity contribution < 1.29 is 24.2 Å². The highest BCUT2D eigenvalue weighted by molar-refractivity contribution is 5.68. The molecule has 4 saturated carbocycles. The van der Waals surface area contributed by atoms with Crippen LogP contribution in [0.15, 0.2) is 27.6 Å². The van der Waals surface area contributed by atoms with Gasteiger partial charge in [0.1, 0.15) is 5.60 Å². The van der Waals surface area contributed by atoms with Crippen LogP contribution in [0, 0.1) is 28.6 Å². The first-order valence-corrected chi connectivity index (χ1v) is 12.3. The van der Waals surface area contributed by atoms with Crippen LogP contribution in [0.25, 0.3) is 0 Å². The Bertz CT molecular complexity index is 997. The molecule has 174 valence electrons. The Labute approximate surface area is 188 Å². The van der Waals surface area contributed by atoms with Gasteiger partial charge in [-0.05, 0) is 92.1 Å². The molecule has 1 aromatic heterocycles. The molecule has 9 atom stereocenters. The summed E-state index contributed by atoms with van der Waals surface area (Å²) in [5.74, 6) is 0.893. The van der Waals surface area contributed by atoms with E-state index in [4.69, 9.17) is 9.15 Å². The summed E-state index contributed by atoms with van der Waals surface area (Å²) >= 11 is 0. The van der Waals surface area contributed by atoms with Gasteiger partial charge in [-0.3, -0.25) is 4.79 Å². The van der Waals surface area contributed by atoms with Gasteiger partial charge in [-0.15, -0.1) is 0 Å². The Balaban J connectivity index is 1.29. The molecule has 0 radical (unpaired) electrons. The van der Waals surface area contributed by atoms with Gasteiger partial charge in [0, 0.05) is 11.5 Å². The molecule has 1 spiro atoms. The van der Waals surface area contributed by atoms with E-state index in [0.717, 1.165) is 44.1 Å². The van der Waals surface area contributed by atoms with Crippen molar-refractivity contribution in [2.24, 2.45) is 28.6 Å². The van der Waals surface area contributed by atoms with Gasteiger partial charge in [-0.1, -0.05) is 13.8 Å². The van der Waals surface area contributed by atoms with Gasteiger partial charge in [-0.2, -0.15) is 0 Å². The van der Waals surface area contributed by atoms with Crippen LogP contribution in [-0.4, -0.2) is 33.5 Å². The third kappa shape index (κ3) is 2.60. The molecular formula is C26H34O6. The van der Waals surface area contributed by atoms with E-state index in [1.807, 2.05) is 6.07 Å². The SMILES string of the molecule is C[C@]12CC[C@@](O)(CC(=O)O)C[C@H]1CC[C@@H]1[C@@H]2CC[C@]2(C)[C@@H](c3ccc(=O)oc3)C[C@H]3O[C@]132. The summed E-state index contributed by atoms with van der Waals surface area (Å²) in [5, 5.41) is 20.3. The molecule has 1 aliphatic heterocycles. The van der Waals surface area contributed by atoms with Crippen molar-refractivity contribution in [3.63, 3.8) is 0 Å². The van der Waals surface area contributed by atoms with Crippen molar-refractivity contribution in [3.05, 3.63) is 34.4 Å². The fourth-order valence-corrected chi connectivity index (χ4v) is 9.27. The highest BCUT2D eigenvalue weighted by atomic mass is 16.6. The number of ether oxygens (including phenoxy) is 1. The molecule has 0 aromatic carbocycles. The van der Waals surface area contributed by atoms with E-state index in [-0.39, 0.29) is 34.6 Å². The lowest BCUT2D eigenvalue weighted by molar-refractivity contribution is -0.168. The second kappa shape index (κ2) is 6.47. The first-order chi connectivity index (χ1) is 15.1. The van der Waals surface area contributed by atoms with Crippen molar-refractivity contribution in [1.29, 1.82) is 0 Å². The zero-order valence-corrected chi connectivity index (χ0v) is 19.0. The van der Waals surface area contributed by atoms with Gasteiger partial charge >= 0.3 is 11.6 Å². The lowest BCUT2D eigenvalue weighted by atomic mass is 9.43. The topological polar surface area (TPSA) is 100 Å². The molecule has 0 amide bonds. The third-order valence-corrected chi connectivity index (χ3v) is 10.8. The maximum Gasteiger partial charge on any atom is 0.335 e. The number of carbonyl (C=O) groups is 1. The zero-order chi connectivity index (χ0) is 22.5. The first kappa shape index (κ1) is 20.9. The van der Waals surface area contributed by atoms with E-state index in [2.05, 4.69) is 13.8 Å². The number of carboxylic acid groups (broad SMARTS) is 1. The summed E-state index contributed by atoms with van der Waals surface area (Å²) < 4.78 is 11.8. The number of aliphatic hydroxyl groups is 1. The summed E-state index contributed by atoms with van der Waals surface area (Å²) in [7, 11) is 0. The summed E-state index contributed by atoms with van der Waals surface area (Å²) in [6, 6.07) is 3.48. The minimum atomic E-state index is -1.06. The predicted octanol–water partition coefficient (Wildman–Crippen LogP) is 4.10. The van der Waals surface area contributed by atoms with Crippen molar-refractivity contribution in [2.75, 3.05) is 0 Å². The van der Waals surface area contributed by atoms with Gasteiger partial charge in [0.25, 0.3) is 0 Å². The number of carboxylic acids is 1. The highest BCUT2D eigenvalue weighted by Crippen LogP contribution is 2.78. The third-order valence-electron chi connectivity index (χ3n) is 10.8. The molecule has 1 saturated heterocycles. The van der Waals surface area contributed by atoms with Crippen LogP contribution in [0.5, 0.6) is 0 Å². The number of aliphatic carboxylic acids is 1. The van der Waals surface area contributed by atoms with Gasteiger partial charge in [0.2, 0.25) is 0 Å². The lowest BCUT2D eigenvalue weighted by Gasteiger charge is -2.62. The van der Waals surface area contributed by atoms with Crippen molar-refractivity contribution in [1.82, 2.24) is 0 Å². The van der Waals surface area contributed by atoms with Gasteiger partial charge < -0.3 is 19.4 Å². The number of hydrogen-bond acceptors (Lipinski definition) is 5. The molecule has 6 heteroatoms. The van der Waals surface area contributed by atoms with Crippen LogP contribution in [-0.2, 0) is 9.53 Å². The van der Waals surface area contributed by atoms with Crippen LogP contribution < -0.4 is 5.63 Å². The summed E-state index contributed by atoms with van der Waals surface area (Å²) in [4.78, 5) is 22.8. The first-order valence-electron chi connectivity index (χ1n) is 12.3. The van der Waals surface area contributed by atoms with Crippen molar-refractivity contribution >= 4 is 5.97 Å². The highest BCUT2D eigenvalue weighted by Gasteiger charge is 2.80. The summed E-state index contributed by atoms with van der Waals surface area (Å²) in [6.45, 7) is 4.80. The molecule has 32 heavy (non-hydrogen) atoms. The van der Waals surface area contributed by atoms with E-state index in [9.17, 15) is 19.8 Å². The minimum absolute atomic E-state index is 0.0423. The molecule has 0 unspecified atom stereocenters. The van der Waals surface area contributed by atoms with Crippen LogP contribution in [0.4, 0.5) is 0 Å². The normalized spacial score (nSPS) is 51.2. The Kier molecular flexibility index (Phi) is 4.23. The second-order valence-electron chi connectivity index (χ2n) is 12.0. The number of epoxide rings is 1. The monoisotopic (exact) mass is 442 g/mol. The Morgan fingerprint density at radius 3 is 2.66 bits per heavy atom. The van der Waals surface area contributed by atoms with Gasteiger partial charge in [-0.25, -0.2) is 4.79 Å². The fraction of sp³-hybridized carbons (Fsp3) is 0.769. The molecule has 6 nitrogen and oxygen atoms in total. The number of hydrogen-bond donors (Lipinski definition) is 2. The molecule has 6 rings (SSSR count). The standard InChI is InChI=1S/C26H34O6/c1-23-9-10-25(30,13-21(27)28)12-16(23)4-5-18-17(23)7-8-24(2)19(11-20-26(18,24)32-20)15-3-6-22(29)31-14-15/h3,6,14,16-20,30H,4-5,7-13H2,1-2H3,(H,27,28)/t16-,17+,18-,19-,20-,23+,24-,25+,26-/m1/s1. The average Bonchev–Trinajstić information content (AvgIpc) is 3.39. The van der Waals surface area contributed by atoms with Crippen LogP contribution in [0.3, 0.4) is 0 Å². The molecule has 5 fully saturated rings. The minimum Gasteiger partial charge on any atom is -0.481 e. The summed E-state index contributed by atoms with van der Waals surface area (Å²) in [5.41, 5.74) is -0.142. The van der Waals surface area contributed by atoms with Crippen LogP contribution >= 0.6 is 0 Å². The van der Waals surface area contributed by atoms with Crippen LogP contribution in [0.1, 0.15) is 83.1 Å². The molecule has 4 aliphatic carbocycles. The van der Waals surface area contributed by atoms with Gasteiger partial charge in [0.15, 0.2) is 0 Å². The molecule has 1 aromatic rings. The number of fused-ring (bicyclic) bond motifs is 3. The van der Waals surface area contributed by atoms with E-state index < -0.39 is 11.6 Å². The maximum absolute atomic E-state index is 11.5. The van der Waals surface area contributed by atoms with E-state index in [1.54, 1.807) is 6.26 Å². The van der Waals surface area contributed by atoms with Gasteiger partial charge in [0.05, 0.1) is 24.4 Å². The molecule has 0 bridgehead atoms. The van der Waals surface area contributed by atoms with Crippen molar-refractivity contribution in [3.8, 4) is 0 Å². The lowest BCUT2D eigenvalue weighted by Crippen LogP contribution is -2.59. The predicted molar refractivity (Wildman–Crippen MR) is 116 cm³/mol. The van der Waals surface area contributed by atoms with E-state index in [0.29, 0.717) is 36.5 Å². The Morgan fingerprint density at radius 2 is 1.94 bits per heavy atom. The molecule has 2 heterocycles. The smallest absolute Gasteiger partial charge is 0.335 e. The summed E-state index contributed by atoms with van der Waals surface area (Å²) in [6.07, 6.45) is 9.25. The van der Waals surface area contributed by atoms with Crippen molar-refractivity contribution in [2.45, 2.75) is 94.9 Å². The maximum atomic E-state index is 11.5. The van der Waals surface area contributed by atoms with E-state index >= 15 is 0 Å². The van der Waals surface area contributed by atoms with E-state index in [1.165, 1.54) is 6.07 Å².